The Labute approximate surface area is 216 Å². The maximum absolute atomic E-state index is 12.4. The SMILES string of the molecule is COc1cc([C@H]2c3sc(=O)[nH]c3S[C@@H]3[C@@H]4CC[C@H](C4)[C@H]23)ccc1OCC(=O)Nc1ccc(Cl)cc1. The number of halogens is 1. The van der Waals surface area contributed by atoms with Crippen LogP contribution in [0.4, 0.5) is 5.69 Å². The van der Waals surface area contributed by atoms with Gasteiger partial charge in [0.05, 0.1) is 12.1 Å². The van der Waals surface area contributed by atoms with Gasteiger partial charge in [0.15, 0.2) is 18.1 Å². The maximum atomic E-state index is 12.4. The number of hydrogen-bond donors (Lipinski definition) is 2. The summed E-state index contributed by atoms with van der Waals surface area (Å²) >= 11 is 9.12. The molecule has 1 aliphatic heterocycles. The van der Waals surface area contributed by atoms with Crippen molar-refractivity contribution in [1.82, 2.24) is 4.98 Å². The van der Waals surface area contributed by atoms with E-state index >= 15 is 0 Å². The average Bonchev–Trinajstić information content (AvgIpc) is 3.57. The molecule has 0 spiro atoms. The number of ether oxygens (including phenoxy) is 2. The topological polar surface area (TPSA) is 80.4 Å². The number of nitrogens with one attached hydrogen (secondary N) is 2. The number of H-pyrrole nitrogens is 1. The number of rotatable bonds is 6. The van der Waals surface area contributed by atoms with Gasteiger partial charge in [-0.05, 0) is 79.0 Å². The summed E-state index contributed by atoms with van der Waals surface area (Å²) in [5.74, 6) is 2.97. The van der Waals surface area contributed by atoms with E-state index in [0.29, 0.717) is 39.3 Å². The summed E-state index contributed by atoms with van der Waals surface area (Å²) in [5, 5.41) is 4.99. The zero-order valence-corrected chi connectivity index (χ0v) is 21.5. The van der Waals surface area contributed by atoms with E-state index in [1.165, 1.54) is 30.6 Å². The van der Waals surface area contributed by atoms with E-state index in [1.807, 2.05) is 23.9 Å². The minimum atomic E-state index is -0.269. The number of carbonyl (C=O) groups excluding carboxylic acids is 1. The Kier molecular flexibility index (Phi) is 6.06. The summed E-state index contributed by atoms with van der Waals surface area (Å²) in [5.41, 5.74) is 1.79. The van der Waals surface area contributed by atoms with Crippen molar-refractivity contribution < 1.29 is 14.3 Å². The van der Waals surface area contributed by atoms with Crippen LogP contribution in [0.3, 0.4) is 0 Å². The predicted molar refractivity (Wildman–Crippen MR) is 139 cm³/mol. The van der Waals surface area contributed by atoms with E-state index in [4.69, 9.17) is 21.1 Å². The standard InChI is InChI=1S/C26H25ClN2O4S2/c1-32-19-11-14(4-9-18(19)33-12-20(30)28-17-7-5-16(27)6-8-17)22-21-13-2-3-15(10-13)23(21)34-25-24(22)35-26(31)29-25/h4-9,11,13,15,21-23H,2-3,10,12H2,1H3,(H,28,30)(H,29,31)/t13-,15-,21-,22-,23-/m1/s1. The van der Waals surface area contributed by atoms with Crippen LogP contribution >= 0.6 is 34.7 Å². The van der Waals surface area contributed by atoms with Crippen molar-refractivity contribution in [2.24, 2.45) is 17.8 Å². The lowest BCUT2D eigenvalue weighted by Crippen LogP contribution is -2.33. The lowest BCUT2D eigenvalue weighted by atomic mass is 9.75. The number of thioether (sulfide) groups is 1. The highest BCUT2D eigenvalue weighted by molar-refractivity contribution is 8.00. The molecule has 3 aliphatic rings. The number of fused-ring (bicyclic) bond motifs is 6. The number of aromatic amines is 1. The van der Waals surface area contributed by atoms with Crippen LogP contribution in [-0.2, 0) is 4.79 Å². The highest BCUT2D eigenvalue weighted by atomic mass is 35.5. The molecule has 6 rings (SSSR count). The first-order chi connectivity index (χ1) is 17.0. The van der Waals surface area contributed by atoms with Gasteiger partial charge in [-0.2, -0.15) is 0 Å². The molecule has 6 nitrogen and oxygen atoms in total. The van der Waals surface area contributed by atoms with Crippen LogP contribution in [0, 0.1) is 17.8 Å². The zero-order valence-electron chi connectivity index (χ0n) is 19.1. The zero-order chi connectivity index (χ0) is 24.1. The molecule has 0 saturated heterocycles. The summed E-state index contributed by atoms with van der Waals surface area (Å²) in [6.45, 7) is -0.142. The molecule has 2 saturated carbocycles. The van der Waals surface area contributed by atoms with Gasteiger partial charge in [0.25, 0.3) is 5.91 Å². The molecule has 2 aromatic carbocycles. The molecule has 2 fully saturated rings. The molecule has 35 heavy (non-hydrogen) atoms. The Morgan fingerprint density at radius 2 is 1.94 bits per heavy atom. The van der Waals surface area contributed by atoms with Crippen LogP contribution in [-0.4, -0.2) is 29.9 Å². The van der Waals surface area contributed by atoms with Crippen molar-refractivity contribution in [3.8, 4) is 11.5 Å². The van der Waals surface area contributed by atoms with E-state index in [1.54, 1.807) is 31.4 Å². The second-order valence-corrected chi connectivity index (χ2v) is 12.1. The highest BCUT2D eigenvalue weighted by Crippen LogP contribution is 2.63. The fourth-order valence-corrected chi connectivity index (χ4v) is 9.11. The van der Waals surface area contributed by atoms with Gasteiger partial charge >= 0.3 is 4.87 Å². The Hall–Kier alpha value is -2.42. The van der Waals surface area contributed by atoms with E-state index in [9.17, 15) is 9.59 Å². The van der Waals surface area contributed by atoms with Crippen molar-refractivity contribution in [3.05, 3.63) is 67.6 Å². The number of carbonyl (C=O) groups is 1. The molecule has 1 amide bonds. The summed E-state index contributed by atoms with van der Waals surface area (Å²) < 4.78 is 11.5. The van der Waals surface area contributed by atoms with E-state index < -0.39 is 0 Å². The molecule has 0 unspecified atom stereocenters. The lowest BCUT2D eigenvalue weighted by molar-refractivity contribution is -0.118. The number of anilines is 1. The monoisotopic (exact) mass is 528 g/mol. The number of amides is 1. The van der Waals surface area contributed by atoms with Gasteiger partial charge < -0.3 is 19.8 Å². The predicted octanol–water partition coefficient (Wildman–Crippen LogP) is 5.77. The first-order valence-electron chi connectivity index (χ1n) is 11.8. The number of benzene rings is 2. The molecule has 2 N–H and O–H groups in total. The maximum Gasteiger partial charge on any atom is 0.305 e. The van der Waals surface area contributed by atoms with Gasteiger partial charge in [0.1, 0.15) is 0 Å². The number of hydrogen-bond acceptors (Lipinski definition) is 6. The summed E-state index contributed by atoms with van der Waals surface area (Å²) in [4.78, 5) is 28.9. The van der Waals surface area contributed by atoms with E-state index in [-0.39, 0.29) is 23.3 Å². The van der Waals surface area contributed by atoms with Crippen LogP contribution in [0.15, 0.2) is 52.3 Å². The molecule has 2 bridgehead atoms. The molecule has 1 aromatic heterocycles. The van der Waals surface area contributed by atoms with Crippen LogP contribution in [0.25, 0.3) is 0 Å². The van der Waals surface area contributed by atoms with Gasteiger partial charge in [0.2, 0.25) is 0 Å². The van der Waals surface area contributed by atoms with Crippen molar-refractivity contribution in [2.75, 3.05) is 19.0 Å². The van der Waals surface area contributed by atoms with E-state index in [2.05, 4.69) is 16.4 Å². The van der Waals surface area contributed by atoms with Crippen LogP contribution < -0.4 is 19.7 Å². The van der Waals surface area contributed by atoms with Crippen LogP contribution in [0.2, 0.25) is 5.02 Å². The minimum Gasteiger partial charge on any atom is -0.493 e. The fraction of sp³-hybridized carbons (Fsp3) is 0.385. The number of methoxy groups -OCH3 is 1. The molecule has 2 heterocycles. The smallest absolute Gasteiger partial charge is 0.305 e. The first-order valence-corrected chi connectivity index (χ1v) is 13.8. The van der Waals surface area contributed by atoms with Gasteiger partial charge in [-0.25, -0.2) is 0 Å². The third-order valence-corrected chi connectivity index (χ3v) is 10.4. The average molecular weight is 529 g/mol. The van der Waals surface area contributed by atoms with Crippen molar-refractivity contribution >= 4 is 46.3 Å². The van der Waals surface area contributed by atoms with Gasteiger partial charge in [-0.1, -0.05) is 29.0 Å². The Balaban J connectivity index is 1.24. The summed E-state index contributed by atoms with van der Waals surface area (Å²) in [6.07, 6.45) is 3.86. The summed E-state index contributed by atoms with van der Waals surface area (Å²) in [7, 11) is 1.61. The highest BCUT2D eigenvalue weighted by Gasteiger charge is 2.54. The third kappa shape index (κ3) is 4.26. The molecule has 3 aromatic rings. The Bertz CT molecular complexity index is 1320. The molecule has 182 valence electrons. The fourth-order valence-electron chi connectivity index (χ4n) is 6.09. The van der Waals surface area contributed by atoms with Crippen LogP contribution in [0.1, 0.15) is 35.6 Å². The van der Waals surface area contributed by atoms with Gasteiger partial charge in [-0.15, -0.1) is 11.8 Å². The van der Waals surface area contributed by atoms with Gasteiger partial charge in [-0.3, -0.25) is 9.59 Å². The van der Waals surface area contributed by atoms with Gasteiger partial charge in [0, 0.05) is 26.8 Å². The molecule has 2 aliphatic carbocycles. The number of thiazole rings is 1. The molecule has 5 atom stereocenters. The second-order valence-electron chi connectivity index (χ2n) is 9.43. The molecular weight excluding hydrogens is 504 g/mol. The van der Waals surface area contributed by atoms with Crippen molar-refractivity contribution in [1.29, 1.82) is 0 Å². The van der Waals surface area contributed by atoms with Crippen LogP contribution in [0.5, 0.6) is 11.5 Å². The normalized spacial score (nSPS) is 26.2. The molecule has 0 radical (unpaired) electrons. The molecular formula is C26H25ClN2O4S2. The van der Waals surface area contributed by atoms with Crippen molar-refractivity contribution in [2.45, 2.75) is 35.5 Å². The lowest BCUT2D eigenvalue weighted by Gasteiger charge is -2.40. The minimum absolute atomic E-state index is 0.0124. The third-order valence-electron chi connectivity index (χ3n) is 7.50. The number of aromatic nitrogens is 1. The molecule has 9 heteroatoms. The Morgan fingerprint density at radius 1 is 1.14 bits per heavy atom. The quantitative estimate of drug-likeness (QED) is 0.424. The largest absolute Gasteiger partial charge is 0.493 e. The summed E-state index contributed by atoms with van der Waals surface area (Å²) in [6, 6.07) is 12.9. The first kappa shape index (κ1) is 23.0. The van der Waals surface area contributed by atoms with E-state index in [0.717, 1.165) is 21.4 Å². The Morgan fingerprint density at radius 3 is 2.74 bits per heavy atom. The van der Waals surface area contributed by atoms with Crippen molar-refractivity contribution in [3.63, 3.8) is 0 Å². The second kappa shape index (κ2) is 9.22.